The first-order valence-electron chi connectivity index (χ1n) is 1.70. The van der Waals surface area contributed by atoms with Gasteiger partial charge in [-0.05, 0) is 6.42 Å². The molecule has 0 aliphatic heterocycles. The van der Waals surface area contributed by atoms with Crippen LogP contribution < -0.4 is 5.73 Å². The van der Waals surface area contributed by atoms with Crippen LogP contribution >= 0.6 is 0 Å². The van der Waals surface area contributed by atoms with Crippen molar-refractivity contribution in [1.29, 1.82) is 0 Å². The van der Waals surface area contributed by atoms with E-state index in [-0.39, 0.29) is 7.47 Å². The molecule has 0 spiro atoms. The van der Waals surface area contributed by atoms with Crippen LogP contribution in [0.5, 0.6) is 0 Å². The zero-order valence-electron chi connectivity index (χ0n) is 3.82. The first-order valence-corrected chi connectivity index (χ1v) is 1.70. The van der Waals surface area contributed by atoms with Gasteiger partial charge < -0.3 is 5.73 Å². The number of hydrogen-bond acceptors (Lipinski definition) is 1. The van der Waals surface area contributed by atoms with Gasteiger partial charge in [-0.3, -0.25) is 0 Å². The van der Waals surface area contributed by atoms with Crippen LogP contribution in [0.15, 0.2) is 0 Å². The van der Waals surface area contributed by atoms with Gasteiger partial charge in [0, 0.05) is 6.04 Å². The Hall–Kier alpha value is -0.110. The fourth-order valence-corrected chi connectivity index (χ4v) is 0.181. The van der Waals surface area contributed by atoms with Crippen molar-refractivity contribution in [2.45, 2.75) is 18.6 Å². The van der Waals surface area contributed by atoms with Crippen molar-refractivity contribution in [1.82, 2.24) is 0 Å². The molecule has 1 nitrogen and oxygen atoms in total. The fraction of sp³-hybridized carbons (Fsp3) is 1.00. The molecule has 0 amide bonds. The molecule has 1 fully saturated rings. The predicted octanol–water partition coefficient (Wildman–Crippen LogP) is 0.168. The number of halogens is 1. The maximum absolute atomic E-state index is 11.4. The Kier molecular flexibility index (Phi) is 0.424. The number of nitrogens with two attached hydrogens (primary N) is 1. The minimum absolute atomic E-state index is 0. The van der Waals surface area contributed by atoms with E-state index in [1.807, 2.05) is 0 Å². The van der Waals surface area contributed by atoms with Crippen molar-refractivity contribution < 1.29 is 5.82 Å². The summed E-state index contributed by atoms with van der Waals surface area (Å²) >= 11 is 0. The van der Waals surface area contributed by atoms with Crippen molar-refractivity contribution in [3.05, 3.63) is 0 Å². The topological polar surface area (TPSA) is 26.0 Å². The molecule has 5 heavy (non-hydrogen) atoms. The normalized spacial score (nSPS) is 49.2. The smallest absolute Gasteiger partial charge is 0.325 e. The Morgan fingerprint density at radius 1 is 2.00 bits per heavy atom. The summed E-state index contributed by atoms with van der Waals surface area (Å²) in [4.78, 5) is 0. The molecule has 30 valence electrons. The van der Waals surface area contributed by atoms with E-state index >= 15 is 0 Å². The van der Waals surface area contributed by atoms with E-state index in [2.05, 4.69) is 0 Å². The molecule has 0 saturated heterocycles. The third kappa shape index (κ3) is 0.401. The quantitative estimate of drug-likeness (QED) is 0.437. The molecular formula is C3H7FN+. The van der Waals surface area contributed by atoms with E-state index in [9.17, 15) is 4.39 Å². The lowest BCUT2D eigenvalue weighted by Gasteiger charge is -1.66. The summed E-state index contributed by atoms with van der Waals surface area (Å²) in [5, 5.41) is 0. The molecule has 0 radical (unpaired) electrons. The minimum atomic E-state index is -0.671. The number of rotatable bonds is 0. The van der Waals surface area contributed by atoms with E-state index in [0.29, 0.717) is 6.42 Å². The zero-order chi connectivity index (χ0) is 3.86. The van der Waals surface area contributed by atoms with Crippen LogP contribution in [0.3, 0.4) is 0 Å². The Labute approximate surface area is 31.5 Å². The summed E-state index contributed by atoms with van der Waals surface area (Å²) in [6.45, 7) is 0. The highest BCUT2D eigenvalue weighted by Crippen LogP contribution is 2.21. The van der Waals surface area contributed by atoms with E-state index in [0.717, 1.165) is 0 Å². The van der Waals surface area contributed by atoms with Gasteiger partial charge in [0.05, 0.1) is 0 Å². The summed E-state index contributed by atoms with van der Waals surface area (Å²) in [6, 6.07) is -0.116. The Bertz CT molecular complexity index is 44.1. The molecule has 1 rings (SSSR count). The van der Waals surface area contributed by atoms with E-state index in [1.54, 1.807) is 0 Å². The van der Waals surface area contributed by atoms with Gasteiger partial charge in [-0.25, -0.2) is 4.39 Å². The molecule has 0 bridgehead atoms. The van der Waals surface area contributed by atoms with Crippen LogP contribution in [0.2, 0.25) is 0 Å². The van der Waals surface area contributed by atoms with Gasteiger partial charge >= 0.3 is 1.43 Å². The standard InChI is InChI=1S/C3H6FN/c4-2-1-3(2)5/h2-3H,1,5H2/p+1/t2-,3+/m1/s1. The van der Waals surface area contributed by atoms with Crippen LogP contribution in [0.25, 0.3) is 0 Å². The molecule has 1 aliphatic rings. The Balaban J connectivity index is 0.000000250. The summed E-state index contributed by atoms with van der Waals surface area (Å²) in [5.74, 6) is 0. The van der Waals surface area contributed by atoms with E-state index in [4.69, 9.17) is 5.73 Å². The van der Waals surface area contributed by atoms with Gasteiger partial charge in [-0.1, -0.05) is 0 Å². The molecule has 1 saturated carbocycles. The maximum atomic E-state index is 11.4. The Morgan fingerprint density at radius 3 is 2.20 bits per heavy atom. The van der Waals surface area contributed by atoms with Gasteiger partial charge in [0.15, 0.2) is 0 Å². The average molecular weight is 76.1 g/mol. The van der Waals surface area contributed by atoms with Gasteiger partial charge in [0.2, 0.25) is 0 Å². The summed E-state index contributed by atoms with van der Waals surface area (Å²) in [6.07, 6.45) is -0.0880. The molecule has 2 heteroatoms. The molecule has 0 aromatic heterocycles. The van der Waals surface area contributed by atoms with Crippen molar-refractivity contribution in [3.63, 3.8) is 0 Å². The minimum Gasteiger partial charge on any atom is -0.325 e. The summed E-state index contributed by atoms with van der Waals surface area (Å²) in [5.41, 5.74) is 4.99. The fourth-order valence-electron chi connectivity index (χ4n) is 0.181. The third-order valence-corrected chi connectivity index (χ3v) is 0.759. The second-order valence-electron chi connectivity index (χ2n) is 1.42. The van der Waals surface area contributed by atoms with Crippen LogP contribution in [0.1, 0.15) is 7.85 Å². The first kappa shape index (κ1) is 3.09. The highest BCUT2D eigenvalue weighted by atomic mass is 19.1. The van der Waals surface area contributed by atoms with Crippen LogP contribution in [-0.2, 0) is 0 Å². The van der Waals surface area contributed by atoms with Crippen LogP contribution in [0.4, 0.5) is 4.39 Å². The number of hydrogen-bond donors (Lipinski definition) is 1. The maximum Gasteiger partial charge on any atom is 1.00 e. The van der Waals surface area contributed by atoms with Crippen LogP contribution in [-0.4, -0.2) is 12.2 Å². The predicted molar refractivity (Wildman–Crippen MR) is 18.6 cm³/mol. The zero-order valence-corrected chi connectivity index (χ0v) is 2.82. The molecular weight excluding hydrogens is 69.0 g/mol. The summed E-state index contributed by atoms with van der Waals surface area (Å²) in [7, 11) is 0. The van der Waals surface area contributed by atoms with Gasteiger partial charge in [0.25, 0.3) is 0 Å². The molecule has 1 aliphatic carbocycles. The second kappa shape index (κ2) is 0.684. The molecule has 0 unspecified atom stereocenters. The van der Waals surface area contributed by atoms with Gasteiger partial charge in [-0.2, -0.15) is 0 Å². The molecule has 2 atom stereocenters. The average Bonchev–Trinajstić information content (AvgIpc) is 1.79. The lowest BCUT2D eigenvalue weighted by Crippen LogP contribution is -2.00. The first-order chi connectivity index (χ1) is 2.30. The lowest BCUT2D eigenvalue weighted by atomic mass is 10.8. The molecule has 0 aromatic rings. The van der Waals surface area contributed by atoms with Gasteiger partial charge in [0.1, 0.15) is 6.17 Å². The monoisotopic (exact) mass is 76.1 g/mol. The van der Waals surface area contributed by atoms with Gasteiger partial charge in [-0.15, -0.1) is 0 Å². The number of alkyl halides is 1. The van der Waals surface area contributed by atoms with Crippen molar-refractivity contribution in [2.24, 2.45) is 5.73 Å². The highest BCUT2D eigenvalue weighted by Gasteiger charge is 2.32. The third-order valence-electron chi connectivity index (χ3n) is 0.759. The molecule has 0 heterocycles. The van der Waals surface area contributed by atoms with E-state index < -0.39 is 6.17 Å². The molecule has 0 aromatic carbocycles. The van der Waals surface area contributed by atoms with E-state index in [1.165, 1.54) is 0 Å². The van der Waals surface area contributed by atoms with Crippen LogP contribution in [0, 0.1) is 0 Å². The SMILES string of the molecule is N[C@H]1C[C@H]1F.[H+]. The summed E-state index contributed by atoms with van der Waals surface area (Å²) < 4.78 is 11.4. The van der Waals surface area contributed by atoms with Crippen molar-refractivity contribution in [3.8, 4) is 0 Å². The van der Waals surface area contributed by atoms with Crippen molar-refractivity contribution in [2.75, 3.05) is 0 Å². The highest BCUT2D eigenvalue weighted by molar-refractivity contribution is 4.89. The Morgan fingerprint density at radius 2 is 2.20 bits per heavy atom. The lowest BCUT2D eigenvalue weighted by molar-refractivity contribution is 0.467. The second-order valence-corrected chi connectivity index (χ2v) is 1.42. The largest absolute Gasteiger partial charge is 1.00 e. The van der Waals surface area contributed by atoms with Crippen molar-refractivity contribution >= 4 is 0 Å². The molecule has 2 N–H and O–H groups in total.